The fourth-order valence-electron chi connectivity index (χ4n) is 3.64. The average Bonchev–Trinajstić information content (AvgIpc) is 3.09. The van der Waals surface area contributed by atoms with Gasteiger partial charge in [0.15, 0.2) is 26.8 Å². The Hall–Kier alpha value is -2.57. The van der Waals surface area contributed by atoms with E-state index in [4.69, 9.17) is 4.74 Å². The summed E-state index contributed by atoms with van der Waals surface area (Å²) in [6, 6.07) is 5.79. The molecule has 0 bridgehead atoms. The summed E-state index contributed by atoms with van der Waals surface area (Å²) in [4.78, 5) is 15.6. The summed E-state index contributed by atoms with van der Waals surface area (Å²) >= 11 is 0. The number of hydrogen-bond acceptors (Lipinski definition) is 9. The zero-order valence-corrected chi connectivity index (χ0v) is 19.8. The van der Waals surface area contributed by atoms with Crippen LogP contribution in [-0.4, -0.2) is 68.9 Å². The second-order valence-corrected chi connectivity index (χ2v) is 11.6. The Morgan fingerprint density at radius 2 is 1.66 bits per heavy atom. The molecule has 3 aromatic rings. The summed E-state index contributed by atoms with van der Waals surface area (Å²) < 4.78 is 57.0. The maximum Gasteiger partial charge on any atom is 0.251 e. The SMILES string of the molecule is CCc1nc2c(N3CCOCC3)nc(S(=O)(=O)Cc3ccc(S(C)(=O)=O)cc3)nc2n1C. The number of aryl methyl sites for hydroxylation is 2. The van der Waals surface area contributed by atoms with Gasteiger partial charge in [-0.05, 0) is 17.7 Å². The van der Waals surface area contributed by atoms with Gasteiger partial charge in [-0.3, -0.25) is 0 Å². The first-order valence-corrected chi connectivity index (χ1v) is 13.7. The minimum Gasteiger partial charge on any atom is -0.378 e. The predicted molar refractivity (Wildman–Crippen MR) is 119 cm³/mol. The van der Waals surface area contributed by atoms with Crippen LogP contribution < -0.4 is 4.90 Å². The van der Waals surface area contributed by atoms with Crippen LogP contribution in [-0.2, 0) is 43.6 Å². The molecule has 2 aromatic heterocycles. The molecule has 32 heavy (non-hydrogen) atoms. The van der Waals surface area contributed by atoms with Crippen molar-refractivity contribution in [1.82, 2.24) is 19.5 Å². The average molecular weight is 480 g/mol. The van der Waals surface area contributed by atoms with Gasteiger partial charge in [0, 0.05) is 32.8 Å². The second kappa shape index (κ2) is 8.41. The van der Waals surface area contributed by atoms with Gasteiger partial charge in [0.05, 0.1) is 23.9 Å². The van der Waals surface area contributed by atoms with Crippen LogP contribution in [0.1, 0.15) is 18.3 Å². The van der Waals surface area contributed by atoms with Crippen molar-refractivity contribution in [2.45, 2.75) is 29.1 Å². The van der Waals surface area contributed by atoms with E-state index in [9.17, 15) is 16.8 Å². The number of anilines is 1. The highest BCUT2D eigenvalue weighted by Crippen LogP contribution is 2.27. The first-order chi connectivity index (χ1) is 15.1. The van der Waals surface area contributed by atoms with Crippen LogP contribution in [0.5, 0.6) is 0 Å². The smallest absolute Gasteiger partial charge is 0.251 e. The molecule has 10 nitrogen and oxygen atoms in total. The zero-order chi connectivity index (χ0) is 23.1. The fraction of sp³-hybridized carbons (Fsp3) is 0.450. The number of morpholine rings is 1. The van der Waals surface area contributed by atoms with Gasteiger partial charge in [-0.1, -0.05) is 19.1 Å². The van der Waals surface area contributed by atoms with Crippen molar-refractivity contribution in [2.75, 3.05) is 37.5 Å². The van der Waals surface area contributed by atoms with Gasteiger partial charge in [-0.25, -0.2) is 21.8 Å². The van der Waals surface area contributed by atoms with Gasteiger partial charge in [0.2, 0.25) is 9.84 Å². The number of sulfone groups is 2. The molecule has 0 saturated carbocycles. The van der Waals surface area contributed by atoms with E-state index in [2.05, 4.69) is 15.0 Å². The number of fused-ring (bicyclic) bond motifs is 1. The molecule has 4 rings (SSSR count). The predicted octanol–water partition coefficient (Wildman–Crippen LogP) is 1.14. The lowest BCUT2D eigenvalue weighted by atomic mass is 10.2. The maximum atomic E-state index is 13.2. The molecule has 172 valence electrons. The molecule has 3 heterocycles. The topological polar surface area (TPSA) is 124 Å². The Balaban J connectivity index is 1.77. The molecular weight excluding hydrogens is 454 g/mol. The monoisotopic (exact) mass is 479 g/mol. The van der Waals surface area contributed by atoms with Crippen LogP contribution in [0.25, 0.3) is 11.2 Å². The third-order valence-electron chi connectivity index (χ3n) is 5.39. The molecule has 1 aliphatic heterocycles. The van der Waals surface area contributed by atoms with Crippen LogP contribution >= 0.6 is 0 Å². The molecule has 1 fully saturated rings. The van der Waals surface area contributed by atoms with Gasteiger partial charge < -0.3 is 14.2 Å². The first kappa shape index (κ1) is 22.6. The summed E-state index contributed by atoms with van der Waals surface area (Å²) in [6.07, 6.45) is 1.78. The summed E-state index contributed by atoms with van der Waals surface area (Å²) in [5, 5.41) is -0.274. The zero-order valence-electron chi connectivity index (χ0n) is 18.1. The molecule has 1 aromatic carbocycles. The molecule has 0 radical (unpaired) electrons. The highest BCUT2D eigenvalue weighted by molar-refractivity contribution is 7.91. The van der Waals surface area contributed by atoms with Crippen molar-refractivity contribution in [1.29, 1.82) is 0 Å². The van der Waals surface area contributed by atoms with E-state index in [1.54, 1.807) is 4.57 Å². The number of imidazole rings is 1. The second-order valence-electron chi connectivity index (χ2n) is 7.72. The molecule has 12 heteroatoms. The highest BCUT2D eigenvalue weighted by atomic mass is 32.2. The molecule has 0 N–H and O–H groups in total. The Morgan fingerprint density at radius 3 is 2.25 bits per heavy atom. The molecule has 0 amide bonds. The number of benzene rings is 1. The fourth-order valence-corrected chi connectivity index (χ4v) is 5.48. The standard InChI is InChI=1S/C20H25N5O5S2/c1-4-16-21-17-18(24(16)2)22-20(23-19(17)25-9-11-30-12-10-25)32(28,29)13-14-5-7-15(8-6-14)31(3,26)27/h5-8H,4,9-13H2,1-3H3. The van der Waals surface area contributed by atoms with Crippen molar-refractivity contribution in [3.63, 3.8) is 0 Å². The van der Waals surface area contributed by atoms with Crippen molar-refractivity contribution >= 4 is 36.7 Å². The lowest BCUT2D eigenvalue weighted by Crippen LogP contribution is -2.37. The molecule has 0 aliphatic carbocycles. The first-order valence-electron chi connectivity index (χ1n) is 10.2. The lowest BCUT2D eigenvalue weighted by Gasteiger charge is -2.28. The minimum atomic E-state index is -3.90. The van der Waals surface area contributed by atoms with Crippen LogP contribution in [0.4, 0.5) is 5.82 Å². The Morgan fingerprint density at radius 1 is 1.00 bits per heavy atom. The molecule has 1 saturated heterocycles. The molecular formula is C20H25N5O5S2. The Labute approximate surface area is 187 Å². The highest BCUT2D eigenvalue weighted by Gasteiger charge is 2.27. The van der Waals surface area contributed by atoms with Gasteiger partial charge in [0.1, 0.15) is 5.82 Å². The molecule has 0 spiro atoms. The maximum absolute atomic E-state index is 13.2. The van der Waals surface area contributed by atoms with Crippen LogP contribution in [0.2, 0.25) is 0 Å². The molecule has 0 atom stereocenters. The van der Waals surface area contributed by atoms with Crippen LogP contribution in [0, 0.1) is 0 Å². The van der Waals surface area contributed by atoms with Crippen molar-refractivity contribution in [3.8, 4) is 0 Å². The third-order valence-corrected chi connectivity index (χ3v) is 7.97. The third kappa shape index (κ3) is 4.34. The normalized spacial score (nSPS) is 15.4. The number of ether oxygens (including phenoxy) is 1. The Bertz CT molecular complexity index is 1360. The van der Waals surface area contributed by atoms with Crippen molar-refractivity contribution in [3.05, 3.63) is 35.7 Å². The number of aromatic nitrogens is 4. The molecule has 0 unspecified atom stereocenters. The van der Waals surface area contributed by atoms with Crippen LogP contribution in [0.3, 0.4) is 0 Å². The minimum absolute atomic E-state index is 0.132. The summed E-state index contributed by atoms with van der Waals surface area (Å²) in [6.45, 7) is 4.18. The Kier molecular flexibility index (Phi) is 5.94. The van der Waals surface area contributed by atoms with E-state index in [1.165, 1.54) is 24.3 Å². The largest absolute Gasteiger partial charge is 0.378 e. The van der Waals surface area contributed by atoms with E-state index in [1.807, 2.05) is 18.9 Å². The summed E-state index contributed by atoms with van der Waals surface area (Å²) in [5.74, 6) is 0.929. The van der Waals surface area contributed by atoms with E-state index in [-0.39, 0.29) is 15.8 Å². The van der Waals surface area contributed by atoms with Gasteiger partial charge in [-0.2, -0.15) is 9.97 Å². The summed E-state index contributed by atoms with van der Waals surface area (Å²) in [5.41, 5.74) is 1.49. The van der Waals surface area contributed by atoms with Gasteiger partial charge in [0.25, 0.3) is 5.16 Å². The van der Waals surface area contributed by atoms with Crippen molar-refractivity contribution < 1.29 is 21.6 Å². The van der Waals surface area contributed by atoms with E-state index in [0.717, 1.165) is 12.1 Å². The number of nitrogens with zero attached hydrogens (tertiary/aromatic N) is 5. The van der Waals surface area contributed by atoms with Crippen LogP contribution in [0.15, 0.2) is 34.3 Å². The lowest BCUT2D eigenvalue weighted by molar-refractivity contribution is 0.122. The number of rotatable bonds is 6. The van der Waals surface area contributed by atoms with E-state index >= 15 is 0 Å². The van der Waals surface area contributed by atoms with Crippen molar-refractivity contribution in [2.24, 2.45) is 7.05 Å². The summed E-state index contributed by atoms with van der Waals surface area (Å²) in [7, 11) is -5.45. The van der Waals surface area contributed by atoms with Gasteiger partial charge >= 0.3 is 0 Å². The van der Waals surface area contributed by atoms with E-state index in [0.29, 0.717) is 55.3 Å². The van der Waals surface area contributed by atoms with Gasteiger partial charge in [-0.15, -0.1) is 0 Å². The van der Waals surface area contributed by atoms with E-state index < -0.39 is 19.7 Å². The quantitative estimate of drug-likeness (QED) is 0.479. The number of hydrogen-bond donors (Lipinski definition) is 0. The molecule has 1 aliphatic rings.